The van der Waals surface area contributed by atoms with Gasteiger partial charge in [-0.05, 0) is 30.5 Å². The van der Waals surface area contributed by atoms with Gasteiger partial charge in [0.2, 0.25) is 10.0 Å². The van der Waals surface area contributed by atoms with Gasteiger partial charge in [0.25, 0.3) is 0 Å². The lowest BCUT2D eigenvalue weighted by atomic mass is 10.1. The predicted molar refractivity (Wildman–Crippen MR) is 86.4 cm³/mol. The summed E-state index contributed by atoms with van der Waals surface area (Å²) in [4.78, 5) is 0.327. The van der Waals surface area contributed by atoms with Crippen LogP contribution < -0.4 is 0 Å². The summed E-state index contributed by atoms with van der Waals surface area (Å²) >= 11 is 0. The summed E-state index contributed by atoms with van der Waals surface area (Å²) in [5.74, 6) is 0. The molecule has 1 aromatic carbocycles. The topological polar surface area (TPSA) is 64.4 Å². The highest BCUT2D eigenvalue weighted by Crippen LogP contribution is 2.29. The van der Waals surface area contributed by atoms with Gasteiger partial charge in [-0.3, -0.25) is 4.68 Å². The second kappa shape index (κ2) is 6.43. The Kier molecular flexibility index (Phi) is 4.52. The number of methoxy groups -OCH3 is 1. The standard InChI is InChI=1S/C16H21N3O3S/c1-18-12-13(11-17-18)10-15-16(22-2)8-9-19(15)23(20,21)14-6-4-3-5-7-14/h3-7,11-12,15-16H,8-10H2,1-2H3/t15-,16-/m1/s1. The lowest BCUT2D eigenvalue weighted by Gasteiger charge is -2.26. The van der Waals surface area contributed by atoms with Crippen LogP contribution in [0.25, 0.3) is 0 Å². The van der Waals surface area contributed by atoms with E-state index >= 15 is 0 Å². The number of sulfonamides is 1. The molecular formula is C16H21N3O3S. The highest BCUT2D eigenvalue weighted by molar-refractivity contribution is 7.89. The van der Waals surface area contributed by atoms with Gasteiger partial charge in [-0.25, -0.2) is 8.42 Å². The second-order valence-corrected chi connectivity index (χ2v) is 7.68. The van der Waals surface area contributed by atoms with Crippen molar-refractivity contribution in [3.05, 3.63) is 48.3 Å². The first-order chi connectivity index (χ1) is 11.0. The number of aromatic nitrogens is 2. The van der Waals surface area contributed by atoms with Crippen LogP contribution in [-0.2, 0) is 28.2 Å². The average Bonchev–Trinajstić information content (AvgIpc) is 3.15. The molecule has 1 saturated heterocycles. The van der Waals surface area contributed by atoms with Crippen LogP contribution in [0.2, 0.25) is 0 Å². The molecule has 2 heterocycles. The van der Waals surface area contributed by atoms with E-state index in [4.69, 9.17) is 4.74 Å². The van der Waals surface area contributed by atoms with Gasteiger partial charge >= 0.3 is 0 Å². The summed E-state index contributed by atoms with van der Waals surface area (Å²) < 4.78 is 34.7. The molecule has 0 unspecified atom stereocenters. The molecule has 1 fully saturated rings. The van der Waals surface area contributed by atoms with Crippen LogP contribution in [0.4, 0.5) is 0 Å². The first kappa shape index (κ1) is 16.2. The largest absolute Gasteiger partial charge is 0.380 e. The molecule has 7 heteroatoms. The van der Waals surface area contributed by atoms with Crippen molar-refractivity contribution in [1.82, 2.24) is 14.1 Å². The Bertz CT molecular complexity index is 758. The number of nitrogens with zero attached hydrogens (tertiary/aromatic N) is 3. The molecule has 0 saturated carbocycles. The molecule has 124 valence electrons. The lowest BCUT2D eigenvalue weighted by Crippen LogP contribution is -2.41. The van der Waals surface area contributed by atoms with Gasteiger partial charge in [-0.2, -0.15) is 9.40 Å². The van der Waals surface area contributed by atoms with Crippen molar-refractivity contribution >= 4 is 10.0 Å². The molecule has 2 atom stereocenters. The molecular weight excluding hydrogens is 314 g/mol. The minimum absolute atomic E-state index is 0.103. The van der Waals surface area contributed by atoms with Gasteiger partial charge in [-0.1, -0.05) is 18.2 Å². The van der Waals surface area contributed by atoms with E-state index in [-0.39, 0.29) is 12.1 Å². The van der Waals surface area contributed by atoms with E-state index < -0.39 is 10.0 Å². The number of benzene rings is 1. The van der Waals surface area contributed by atoms with E-state index in [0.717, 1.165) is 5.56 Å². The Morgan fingerprint density at radius 3 is 2.65 bits per heavy atom. The molecule has 0 N–H and O–H groups in total. The number of ether oxygens (including phenoxy) is 1. The van der Waals surface area contributed by atoms with E-state index in [0.29, 0.717) is 24.3 Å². The van der Waals surface area contributed by atoms with Crippen molar-refractivity contribution in [3.8, 4) is 0 Å². The molecule has 6 nitrogen and oxygen atoms in total. The monoisotopic (exact) mass is 335 g/mol. The summed E-state index contributed by atoms with van der Waals surface area (Å²) in [6, 6.07) is 8.36. The molecule has 2 aromatic rings. The predicted octanol–water partition coefficient (Wildman–Crippen LogP) is 1.44. The van der Waals surface area contributed by atoms with Gasteiger partial charge in [0.05, 0.1) is 23.2 Å². The fourth-order valence-corrected chi connectivity index (χ4v) is 4.84. The minimum atomic E-state index is -3.52. The smallest absolute Gasteiger partial charge is 0.243 e. The molecule has 1 aliphatic rings. The van der Waals surface area contributed by atoms with Crippen LogP contribution in [0.5, 0.6) is 0 Å². The average molecular weight is 335 g/mol. The number of hydrogen-bond donors (Lipinski definition) is 0. The number of rotatable bonds is 5. The van der Waals surface area contributed by atoms with Gasteiger partial charge in [0.15, 0.2) is 0 Å². The zero-order valence-electron chi connectivity index (χ0n) is 13.3. The van der Waals surface area contributed by atoms with Crippen molar-refractivity contribution in [2.45, 2.75) is 29.9 Å². The summed E-state index contributed by atoms with van der Waals surface area (Å²) in [5, 5.41) is 4.16. The van der Waals surface area contributed by atoms with E-state index in [9.17, 15) is 8.42 Å². The molecule has 1 aromatic heterocycles. The zero-order chi connectivity index (χ0) is 16.4. The zero-order valence-corrected chi connectivity index (χ0v) is 14.1. The summed E-state index contributed by atoms with van der Waals surface area (Å²) in [6.07, 6.45) is 4.89. The summed E-state index contributed by atoms with van der Waals surface area (Å²) in [5.41, 5.74) is 1.01. The first-order valence-electron chi connectivity index (χ1n) is 7.59. The normalized spacial score (nSPS) is 22.5. The van der Waals surface area contributed by atoms with Gasteiger partial charge in [0.1, 0.15) is 0 Å². The van der Waals surface area contributed by atoms with Gasteiger partial charge < -0.3 is 4.74 Å². The van der Waals surface area contributed by atoms with Crippen LogP contribution in [0, 0.1) is 0 Å². The number of hydrogen-bond acceptors (Lipinski definition) is 4. The van der Waals surface area contributed by atoms with Crippen LogP contribution in [0.15, 0.2) is 47.6 Å². The molecule has 0 spiro atoms. The van der Waals surface area contributed by atoms with Crippen LogP contribution in [-0.4, -0.2) is 48.3 Å². The molecule has 3 rings (SSSR count). The van der Waals surface area contributed by atoms with Crippen LogP contribution in [0.1, 0.15) is 12.0 Å². The Balaban J connectivity index is 1.90. The molecule has 0 radical (unpaired) electrons. The maximum absolute atomic E-state index is 13.0. The fourth-order valence-electron chi connectivity index (χ4n) is 3.15. The second-order valence-electron chi connectivity index (χ2n) is 5.79. The molecule has 0 bridgehead atoms. The first-order valence-corrected chi connectivity index (χ1v) is 9.03. The Hall–Kier alpha value is -1.70. The van der Waals surface area contributed by atoms with Crippen molar-refractivity contribution < 1.29 is 13.2 Å². The Morgan fingerprint density at radius 1 is 1.30 bits per heavy atom. The van der Waals surface area contributed by atoms with E-state index in [2.05, 4.69) is 5.10 Å². The van der Waals surface area contributed by atoms with Gasteiger partial charge in [-0.15, -0.1) is 0 Å². The van der Waals surface area contributed by atoms with Crippen molar-refractivity contribution in [1.29, 1.82) is 0 Å². The lowest BCUT2D eigenvalue weighted by molar-refractivity contribution is 0.0810. The minimum Gasteiger partial charge on any atom is -0.380 e. The van der Waals surface area contributed by atoms with Gasteiger partial charge in [0, 0.05) is 26.9 Å². The highest BCUT2D eigenvalue weighted by Gasteiger charge is 2.41. The van der Waals surface area contributed by atoms with Crippen molar-refractivity contribution in [2.24, 2.45) is 7.05 Å². The molecule has 1 aliphatic heterocycles. The fraction of sp³-hybridized carbons (Fsp3) is 0.438. The Labute approximate surface area is 136 Å². The summed E-state index contributed by atoms with van der Waals surface area (Å²) in [6.45, 7) is 0.473. The molecule has 0 aliphatic carbocycles. The molecule has 23 heavy (non-hydrogen) atoms. The number of aryl methyl sites for hydroxylation is 1. The molecule has 0 amide bonds. The Morgan fingerprint density at radius 2 is 2.04 bits per heavy atom. The van der Waals surface area contributed by atoms with E-state index in [1.54, 1.807) is 46.6 Å². The quantitative estimate of drug-likeness (QED) is 0.829. The van der Waals surface area contributed by atoms with Crippen LogP contribution >= 0.6 is 0 Å². The van der Waals surface area contributed by atoms with E-state index in [1.807, 2.05) is 19.3 Å². The van der Waals surface area contributed by atoms with E-state index in [1.165, 1.54) is 0 Å². The highest BCUT2D eigenvalue weighted by atomic mass is 32.2. The SMILES string of the molecule is CO[C@@H]1CCN(S(=O)(=O)c2ccccc2)[C@@H]1Cc1cnn(C)c1. The maximum atomic E-state index is 13.0. The maximum Gasteiger partial charge on any atom is 0.243 e. The van der Waals surface area contributed by atoms with Crippen molar-refractivity contribution in [2.75, 3.05) is 13.7 Å². The van der Waals surface area contributed by atoms with Crippen molar-refractivity contribution in [3.63, 3.8) is 0 Å². The third-order valence-corrected chi connectivity index (χ3v) is 6.23. The summed E-state index contributed by atoms with van der Waals surface area (Å²) in [7, 11) is -0.0280. The van der Waals surface area contributed by atoms with Crippen LogP contribution in [0.3, 0.4) is 0 Å². The third-order valence-electron chi connectivity index (χ3n) is 4.29. The third kappa shape index (κ3) is 3.17.